The molecule has 2 aromatic carbocycles. The molecule has 0 radical (unpaired) electrons. The third-order valence-corrected chi connectivity index (χ3v) is 4.79. The van der Waals surface area contributed by atoms with E-state index in [1.165, 1.54) is 6.07 Å². The lowest BCUT2D eigenvalue weighted by Crippen LogP contribution is -2.19. The van der Waals surface area contributed by atoms with Crippen molar-refractivity contribution in [2.75, 3.05) is 4.72 Å². The molecule has 8 heteroatoms. The van der Waals surface area contributed by atoms with E-state index in [4.69, 9.17) is 17.3 Å². The summed E-state index contributed by atoms with van der Waals surface area (Å²) in [6.07, 6.45) is 0. The van der Waals surface area contributed by atoms with Crippen molar-refractivity contribution >= 4 is 33.2 Å². The second-order valence-electron chi connectivity index (χ2n) is 4.54. The molecule has 0 unspecified atom stereocenters. The number of halogens is 2. The number of carbonyl (C=O) groups excluding carboxylic acids is 1. The molecule has 5 nitrogen and oxygen atoms in total. The number of rotatable bonds is 4. The summed E-state index contributed by atoms with van der Waals surface area (Å²) in [4.78, 5) is 11.1. The van der Waals surface area contributed by atoms with E-state index in [1.807, 2.05) is 0 Å². The lowest BCUT2D eigenvalue weighted by Gasteiger charge is -2.14. The first-order valence-corrected chi connectivity index (χ1v) is 7.96. The Balaban J connectivity index is 2.52. The van der Waals surface area contributed by atoms with Gasteiger partial charge in [0.25, 0.3) is 15.9 Å². The molecule has 0 aliphatic rings. The van der Waals surface area contributed by atoms with Crippen LogP contribution in [-0.2, 0) is 10.0 Å². The van der Waals surface area contributed by atoms with Gasteiger partial charge in [-0.3, -0.25) is 9.52 Å². The first-order chi connectivity index (χ1) is 10.2. The lowest BCUT2D eigenvalue weighted by molar-refractivity contribution is 0.100. The van der Waals surface area contributed by atoms with Gasteiger partial charge in [0.1, 0.15) is 10.7 Å². The molecule has 0 saturated heterocycles. The summed E-state index contributed by atoms with van der Waals surface area (Å²) in [7, 11) is -4.10. The van der Waals surface area contributed by atoms with E-state index < -0.39 is 21.7 Å². The lowest BCUT2D eigenvalue weighted by atomic mass is 10.1. The van der Waals surface area contributed by atoms with Crippen LogP contribution >= 0.6 is 11.6 Å². The van der Waals surface area contributed by atoms with Gasteiger partial charge in [0.2, 0.25) is 0 Å². The molecule has 116 valence electrons. The maximum Gasteiger partial charge on any atom is 0.263 e. The van der Waals surface area contributed by atoms with E-state index in [0.717, 1.165) is 18.2 Å². The molecular weight excluding hydrogens is 331 g/mol. The van der Waals surface area contributed by atoms with Crippen molar-refractivity contribution in [1.82, 2.24) is 0 Å². The van der Waals surface area contributed by atoms with Crippen LogP contribution in [0.3, 0.4) is 0 Å². The molecule has 1 amide bonds. The van der Waals surface area contributed by atoms with Crippen molar-refractivity contribution in [3.8, 4) is 0 Å². The minimum atomic E-state index is -4.10. The van der Waals surface area contributed by atoms with E-state index in [-0.39, 0.29) is 21.2 Å². The summed E-state index contributed by atoms with van der Waals surface area (Å²) in [5.41, 5.74) is 5.85. The second kappa shape index (κ2) is 5.94. The Morgan fingerprint density at radius 2 is 1.95 bits per heavy atom. The minimum absolute atomic E-state index is 0.0295. The van der Waals surface area contributed by atoms with Crippen LogP contribution in [0.15, 0.2) is 41.3 Å². The monoisotopic (exact) mass is 342 g/mol. The van der Waals surface area contributed by atoms with Crippen molar-refractivity contribution in [1.29, 1.82) is 0 Å². The predicted molar refractivity (Wildman–Crippen MR) is 81.9 cm³/mol. The van der Waals surface area contributed by atoms with Crippen LogP contribution in [0.4, 0.5) is 10.1 Å². The van der Waals surface area contributed by atoms with E-state index >= 15 is 0 Å². The summed E-state index contributed by atoms with van der Waals surface area (Å²) < 4.78 is 40.1. The number of sulfonamides is 1. The fourth-order valence-electron chi connectivity index (χ4n) is 1.89. The summed E-state index contributed by atoms with van der Waals surface area (Å²) in [6.45, 7) is 1.62. The summed E-state index contributed by atoms with van der Waals surface area (Å²) in [5, 5.41) is -0.262. The van der Waals surface area contributed by atoms with Gasteiger partial charge in [-0.05, 0) is 36.8 Å². The highest BCUT2D eigenvalue weighted by molar-refractivity contribution is 7.92. The van der Waals surface area contributed by atoms with Crippen LogP contribution in [0.5, 0.6) is 0 Å². The zero-order valence-corrected chi connectivity index (χ0v) is 13.0. The largest absolute Gasteiger partial charge is 0.366 e. The maximum atomic E-state index is 13.0. The molecule has 0 aromatic heterocycles. The van der Waals surface area contributed by atoms with Gasteiger partial charge in [-0.15, -0.1) is 0 Å². The van der Waals surface area contributed by atoms with Crippen LogP contribution < -0.4 is 10.5 Å². The molecular formula is C14H12ClFN2O3S. The van der Waals surface area contributed by atoms with Gasteiger partial charge in [0, 0.05) is 0 Å². The van der Waals surface area contributed by atoms with Gasteiger partial charge in [-0.1, -0.05) is 23.7 Å². The number of aryl methyl sites for hydroxylation is 1. The Bertz CT molecular complexity index is 853. The van der Waals surface area contributed by atoms with Crippen molar-refractivity contribution < 1.29 is 17.6 Å². The van der Waals surface area contributed by atoms with Gasteiger partial charge < -0.3 is 5.73 Å². The average molecular weight is 343 g/mol. The van der Waals surface area contributed by atoms with Gasteiger partial charge >= 0.3 is 0 Å². The van der Waals surface area contributed by atoms with Crippen molar-refractivity contribution in [2.45, 2.75) is 11.8 Å². The number of anilines is 1. The second-order valence-corrected chi connectivity index (χ2v) is 6.60. The van der Waals surface area contributed by atoms with E-state index in [9.17, 15) is 17.6 Å². The molecule has 0 aliphatic heterocycles. The normalized spacial score (nSPS) is 11.2. The average Bonchev–Trinajstić information content (AvgIpc) is 2.40. The number of benzene rings is 2. The van der Waals surface area contributed by atoms with Gasteiger partial charge in [-0.25, -0.2) is 12.8 Å². The first kappa shape index (κ1) is 16.3. The van der Waals surface area contributed by atoms with Crippen LogP contribution in [-0.4, -0.2) is 14.3 Å². The number of carbonyl (C=O) groups is 1. The number of primary amides is 1. The Morgan fingerprint density at radius 3 is 2.55 bits per heavy atom. The summed E-state index contributed by atoms with van der Waals surface area (Å²) in [5.74, 6) is -1.43. The number of amides is 1. The molecule has 0 spiro atoms. The topological polar surface area (TPSA) is 89.3 Å². The Morgan fingerprint density at radius 1 is 1.27 bits per heavy atom. The molecule has 0 bridgehead atoms. The Hall–Kier alpha value is -2.12. The number of nitrogens with one attached hydrogen (secondary N) is 1. The van der Waals surface area contributed by atoms with E-state index in [1.54, 1.807) is 19.1 Å². The summed E-state index contributed by atoms with van der Waals surface area (Å²) >= 11 is 5.77. The predicted octanol–water partition coefficient (Wildman–Crippen LogP) is 2.69. The van der Waals surface area contributed by atoms with Gasteiger partial charge in [0.05, 0.1) is 16.3 Å². The Labute approximate surface area is 131 Å². The van der Waals surface area contributed by atoms with Crippen LogP contribution in [0.25, 0.3) is 0 Å². The molecule has 0 saturated carbocycles. The van der Waals surface area contributed by atoms with Gasteiger partial charge in [-0.2, -0.15) is 0 Å². The zero-order chi connectivity index (χ0) is 16.5. The van der Waals surface area contributed by atoms with Gasteiger partial charge in [0.15, 0.2) is 0 Å². The molecule has 2 rings (SSSR count). The molecule has 2 aromatic rings. The number of nitrogens with two attached hydrogens (primary N) is 1. The summed E-state index contributed by atoms with van der Waals surface area (Å²) in [6, 6.07) is 7.52. The minimum Gasteiger partial charge on any atom is -0.366 e. The first-order valence-electron chi connectivity index (χ1n) is 6.09. The van der Waals surface area contributed by atoms with E-state index in [0.29, 0.717) is 5.56 Å². The fraction of sp³-hybridized carbons (Fsp3) is 0.0714. The van der Waals surface area contributed by atoms with Crippen molar-refractivity contribution in [2.24, 2.45) is 5.73 Å². The van der Waals surface area contributed by atoms with Crippen LogP contribution in [0.1, 0.15) is 15.9 Å². The standard InChI is InChI=1S/C14H12ClFN2O3S/c1-8-3-2-4-10(14(17)19)13(8)18-22(20,21)12-6-5-9(16)7-11(12)15/h2-7,18H,1H3,(H2,17,19). The fourth-order valence-corrected chi connectivity index (χ4v) is 3.58. The highest BCUT2D eigenvalue weighted by Crippen LogP contribution is 2.27. The molecule has 0 aliphatic carbocycles. The molecule has 22 heavy (non-hydrogen) atoms. The SMILES string of the molecule is Cc1cccc(C(N)=O)c1NS(=O)(=O)c1ccc(F)cc1Cl. The maximum absolute atomic E-state index is 13.0. The molecule has 3 N–H and O–H groups in total. The molecule has 0 fully saturated rings. The third-order valence-electron chi connectivity index (χ3n) is 2.96. The highest BCUT2D eigenvalue weighted by Gasteiger charge is 2.22. The van der Waals surface area contributed by atoms with Crippen molar-refractivity contribution in [3.05, 3.63) is 58.4 Å². The smallest absolute Gasteiger partial charge is 0.263 e. The molecule has 0 atom stereocenters. The highest BCUT2D eigenvalue weighted by atomic mass is 35.5. The number of hydrogen-bond donors (Lipinski definition) is 2. The Kier molecular flexibility index (Phi) is 4.39. The zero-order valence-electron chi connectivity index (χ0n) is 11.4. The van der Waals surface area contributed by atoms with Crippen molar-refractivity contribution in [3.63, 3.8) is 0 Å². The van der Waals surface area contributed by atoms with E-state index in [2.05, 4.69) is 4.72 Å². The molecule has 0 heterocycles. The van der Waals surface area contributed by atoms with Crippen LogP contribution in [0.2, 0.25) is 5.02 Å². The number of para-hydroxylation sites is 1. The third kappa shape index (κ3) is 3.20. The van der Waals surface area contributed by atoms with Crippen LogP contribution in [0, 0.1) is 12.7 Å². The quantitative estimate of drug-likeness (QED) is 0.895. The number of hydrogen-bond acceptors (Lipinski definition) is 3.